The van der Waals surface area contributed by atoms with Gasteiger partial charge in [-0.2, -0.15) is 0 Å². The first-order chi connectivity index (χ1) is 16.6. The van der Waals surface area contributed by atoms with Crippen LogP contribution in [0.3, 0.4) is 0 Å². The Bertz CT molecular complexity index is 1030. The summed E-state index contributed by atoms with van der Waals surface area (Å²) in [6.45, 7) is 12.6. The molecule has 1 fully saturated rings. The second-order valence-electron chi connectivity index (χ2n) is 11.5. The first-order valence-electron chi connectivity index (χ1n) is 13.3. The number of carbonyl (C=O) groups is 1. The fourth-order valence-corrected chi connectivity index (χ4v) is 5.81. The van der Waals surface area contributed by atoms with Gasteiger partial charge in [0.2, 0.25) is 0 Å². The molecule has 1 aromatic heterocycles. The molecule has 35 heavy (non-hydrogen) atoms. The average Bonchev–Trinajstić information content (AvgIpc) is 3.30. The van der Waals surface area contributed by atoms with E-state index in [-0.39, 0.29) is 0 Å². The molecule has 2 aliphatic rings. The molecule has 5 heteroatoms. The van der Waals surface area contributed by atoms with Crippen LogP contribution in [0.1, 0.15) is 93.5 Å². The van der Waals surface area contributed by atoms with Gasteiger partial charge < -0.3 is 9.84 Å². The molecule has 0 saturated heterocycles. The number of hydrogen-bond donors (Lipinski definition) is 1. The molecule has 1 aromatic carbocycles. The van der Waals surface area contributed by atoms with Crippen molar-refractivity contribution in [2.75, 3.05) is 13.1 Å². The number of aromatic nitrogens is 1. The summed E-state index contributed by atoms with van der Waals surface area (Å²) in [5.74, 6) is -0.0562. The van der Waals surface area contributed by atoms with Crippen molar-refractivity contribution in [2.24, 2.45) is 5.92 Å². The molecule has 0 spiro atoms. The number of rotatable bonds is 8. The molecule has 1 saturated carbocycles. The number of aliphatic carboxylic acids is 1. The molecular weight excluding hydrogens is 436 g/mol. The summed E-state index contributed by atoms with van der Waals surface area (Å²) in [5.41, 5.74) is 6.37. The van der Waals surface area contributed by atoms with Crippen molar-refractivity contribution in [3.05, 3.63) is 52.3 Å². The van der Waals surface area contributed by atoms with Gasteiger partial charge in [0, 0.05) is 36.5 Å². The van der Waals surface area contributed by atoms with Crippen LogP contribution in [0.2, 0.25) is 0 Å². The van der Waals surface area contributed by atoms with E-state index < -0.39 is 17.7 Å². The van der Waals surface area contributed by atoms with Crippen LogP contribution >= 0.6 is 0 Å². The lowest BCUT2D eigenvalue weighted by atomic mass is 9.87. The highest BCUT2D eigenvalue weighted by atomic mass is 16.5. The second-order valence-corrected chi connectivity index (χ2v) is 11.5. The molecule has 2 aromatic rings. The number of hydrogen-bond acceptors (Lipinski definition) is 4. The topological polar surface area (TPSA) is 62.7 Å². The Morgan fingerprint density at radius 2 is 1.86 bits per heavy atom. The molecule has 0 amide bonds. The number of nitrogens with zero attached hydrogens (tertiary/aromatic N) is 2. The highest BCUT2D eigenvalue weighted by Crippen LogP contribution is 2.40. The van der Waals surface area contributed by atoms with Crippen LogP contribution in [-0.2, 0) is 22.5 Å². The van der Waals surface area contributed by atoms with E-state index in [1.54, 1.807) is 0 Å². The van der Waals surface area contributed by atoms with E-state index in [0.29, 0.717) is 5.56 Å². The third-order valence-corrected chi connectivity index (χ3v) is 7.52. The molecule has 1 aliphatic carbocycles. The van der Waals surface area contributed by atoms with Crippen molar-refractivity contribution in [1.82, 2.24) is 9.88 Å². The van der Waals surface area contributed by atoms with E-state index in [1.807, 2.05) is 27.7 Å². The van der Waals surface area contributed by atoms with Crippen LogP contribution in [0.4, 0.5) is 0 Å². The van der Waals surface area contributed by atoms with Crippen LogP contribution < -0.4 is 0 Å². The first-order valence-corrected chi connectivity index (χ1v) is 13.3. The van der Waals surface area contributed by atoms with Gasteiger partial charge in [-0.05, 0) is 76.6 Å². The number of benzene rings is 1. The third-order valence-electron chi connectivity index (χ3n) is 7.52. The van der Waals surface area contributed by atoms with Crippen LogP contribution in [0.5, 0.6) is 0 Å². The maximum absolute atomic E-state index is 12.5. The molecule has 1 N–H and O–H groups in total. The molecule has 190 valence electrons. The van der Waals surface area contributed by atoms with Gasteiger partial charge in [0.05, 0.1) is 5.60 Å². The number of pyridine rings is 1. The Morgan fingerprint density at radius 1 is 1.17 bits per heavy atom. The summed E-state index contributed by atoms with van der Waals surface area (Å²) in [5, 5.41) is 10.2. The number of carboxylic acid groups (broad SMARTS) is 1. The zero-order chi connectivity index (χ0) is 25.2. The van der Waals surface area contributed by atoms with Crippen LogP contribution in [0, 0.1) is 19.8 Å². The quantitative estimate of drug-likeness (QED) is 0.461. The Morgan fingerprint density at radius 3 is 2.49 bits per heavy atom. The lowest BCUT2D eigenvalue weighted by molar-refractivity contribution is -0.160. The molecule has 2 heterocycles. The Hall–Kier alpha value is -2.24. The van der Waals surface area contributed by atoms with Gasteiger partial charge in [-0.15, -0.1) is 0 Å². The van der Waals surface area contributed by atoms with Crippen LogP contribution in [-0.4, -0.2) is 39.7 Å². The van der Waals surface area contributed by atoms with Gasteiger partial charge >= 0.3 is 5.97 Å². The van der Waals surface area contributed by atoms with Gasteiger partial charge in [0.25, 0.3) is 0 Å². The van der Waals surface area contributed by atoms with Gasteiger partial charge in [-0.3, -0.25) is 9.88 Å². The fourth-order valence-electron chi connectivity index (χ4n) is 5.81. The van der Waals surface area contributed by atoms with Gasteiger partial charge in [0.1, 0.15) is 0 Å². The van der Waals surface area contributed by atoms with Gasteiger partial charge in [-0.25, -0.2) is 4.79 Å². The molecule has 5 nitrogen and oxygen atoms in total. The van der Waals surface area contributed by atoms with E-state index in [9.17, 15) is 9.90 Å². The minimum Gasteiger partial charge on any atom is -0.479 e. The number of fused-ring (bicyclic) bond motifs is 1. The second kappa shape index (κ2) is 10.8. The minimum absolute atomic E-state index is 0.595. The fraction of sp³-hybridized carbons (Fsp3) is 0.600. The van der Waals surface area contributed by atoms with E-state index in [4.69, 9.17) is 9.72 Å². The summed E-state index contributed by atoms with van der Waals surface area (Å²) >= 11 is 0. The smallest absolute Gasteiger partial charge is 0.337 e. The molecular formula is C30H42N2O3. The third kappa shape index (κ3) is 6.31. The highest BCUT2D eigenvalue weighted by molar-refractivity contribution is 5.82. The summed E-state index contributed by atoms with van der Waals surface area (Å²) in [7, 11) is 0. The largest absolute Gasteiger partial charge is 0.479 e. The standard InChI is InChI=1S/C30H42N2O3/c1-20-12-14-23(15-13-20)27-24-19-32(17-8-11-22-9-6-7-10-22)18-16-25(24)31-21(2)26(27)28(29(33)34)35-30(3,4)5/h12-15,22,28H,6-11,16-19H2,1-5H3,(H,33,34). The minimum atomic E-state index is -1.07. The SMILES string of the molecule is Cc1ccc(-c2c3c(nc(C)c2C(OC(C)(C)C)C(=O)O)CCN(CCCC2CCCC2)C3)cc1. The molecule has 4 rings (SSSR count). The number of carboxylic acids is 1. The predicted octanol–water partition coefficient (Wildman–Crippen LogP) is 6.63. The summed E-state index contributed by atoms with van der Waals surface area (Å²) in [4.78, 5) is 20.0. The molecule has 1 aliphatic heterocycles. The first kappa shape index (κ1) is 25.8. The van der Waals surface area contributed by atoms with Crippen molar-refractivity contribution in [2.45, 2.75) is 97.8 Å². The molecule has 1 atom stereocenters. The van der Waals surface area contributed by atoms with Crippen molar-refractivity contribution < 1.29 is 14.6 Å². The summed E-state index contributed by atoms with van der Waals surface area (Å²) in [6.07, 6.45) is 7.99. The van der Waals surface area contributed by atoms with Gasteiger partial charge in [0.15, 0.2) is 6.10 Å². The monoisotopic (exact) mass is 478 g/mol. The normalized spacial score (nSPS) is 18.0. The lowest BCUT2D eigenvalue weighted by Crippen LogP contribution is -2.34. The van der Waals surface area contributed by atoms with Gasteiger partial charge in [-0.1, -0.05) is 55.5 Å². The zero-order valence-electron chi connectivity index (χ0n) is 22.2. The molecule has 0 radical (unpaired) electrons. The van der Waals surface area contributed by atoms with Crippen LogP contribution in [0.15, 0.2) is 24.3 Å². The van der Waals surface area contributed by atoms with Crippen molar-refractivity contribution >= 4 is 5.97 Å². The summed E-state index contributed by atoms with van der Waals surface area (Å²) < 4.78 is 6.14. The Balaban J connectivity index is 1.72. The average molecular weight is 479 g/mol. The van der Waals surface area contributed by atoms with Crippen molar-refractivity contribution in [1.29, 1.82) is 0 Å². The summed E-state index contributed by atoms with van der Waals surface area (Å²) in [6, 6.07) is 8.43. The Labute approximate surface area is 210 Å². The Kier molecular flexibility index (Phi) is 7.97. The molecule has 1 unspecified atom stereocenters. The van der Waals surface area contributed by atoms with E-state index in [1.165, 1.54) is 49.7 Å². The van der Waals surface area contributed by atoms with E-state index in [0.717, 1.165) is 54.5 Å². The van der Waals surface area contributed by atoms with Crippen molar-refractivity contribution in [3.8, 4) is 11.1 Å². The zero-order valence-corrected chi connectivity index (χ0v) is 22.2. The lowest BCUT2D eigenvalue weighted by Gasteiger charge is -2.33. The number of ether oxygens (including phenoxy) is 1. The maximum atomic E-state index is 12.5. The van der Waals surface area contributed by atoms with Crippen LogP contribution in [0.25, 0.3) is 11.1 Å². The molecule has 0 bridgehead atoms. The van der Waals surface area contributed by atoms with E-state index in [2.05, 4.69) is 36.1 Å². The maximum Gasteiger partial charge on any atom is 0.337 e. The van der Waals surface area contributed by atoms with Crippen molar-refractivity contribution in [3.63, 3.8) is 0 Å². The number of aryl methyl sites for hydroxylation is 2. The van der Waals surface area contributed by atoms with E-state index >= 15 is 0 Å². The highest BCUT2D eigenvalue weighted by Gasteiger charge is 2.34. The predicted molar refractivity (Wildman–Crippen MR) is 141 cm³/mol.